The molecule has 3 aromatic rings. The van der Waals surface area contributed by atoms with E-state index in [9.17, 15) is 0 Å². The molecule has 4 nitrogen and oxygen atoms in total. The lowest BCUT2D eigenvalue weighted by Gasteiger charge is -2.12. The number of rotatable bonds is 3. The molecular weight excluding hydrogens is 309 g/mol. The summed E-state index contributed by atoms with van der Waals surface area (Å²) in [4.78, 5) is 0. The standard InChI is InChI=1S/C15H11Cl2N3O/c1-21-13-8-7-11(16)9-12(13)20-14(18-19-15(20)17)10-5-3-2-4-6-10/h2-9H,1H3. The van der Waals surface area contributed by atoms with Crippen LogP contribution in [0.4, 0.5) is 0 Å². The number of aromatic nitrogens is 3. The third kappa shape index (κ3) is 2.60. The Bertz CT molecular complexity index is 772. The number of methoxy groups -OCH3 is 1. The Morgan fingerprint density at radius 1 is 1.00 bits per heavy atom. The molecule has 0 bridgehead atoms. The van der Waals surface area contributed by atoms with Crippen molar-refractivity contribution in [1.29, 1.82) is 0 Å². The summed E-state index contributed by atoms with van der Waals surface area (Å²) in [7, 11) is 1.59. The van der Waals surface area contributed by atoms with Crippen LogP contribution in [0.25, 0.3) is 17.1 Å². The summed E-state index contributed by atoms with van der Waals surface area (Å²) in [5, 5.41) is 8.93. The average Bonchev–Trinajstić information content (AvgIpc) is 2.89. The van der Waals surface area contributed by atoms with E-state index in [2.05, 4.69) is 10.2 Å². The van der Waals surface area contributed by atoms with Crippen molar-refractivity contribution < 1.29 is 4.74 Å². The van der Waals surface area contributed by atoms with Crippen LogP contribution in [0.5, 0.6) is 5.75 Å². The number of benzene rings is 2. The third-order valence-corrected chi connectivity index (χ3v) is 3.52. The van der Waals surface area contributed by atoms with E-state index < -0.39 is 0 Å². The molecule has 3 rings (SSSR count). The molecule has 21 heavy (non-hydrogen) atoms. The van der Waals surface area contributed by atoms with Gasteiger partial charge in [-0.1, -0.05) is 41.9 Å². The first-order chi connectivity index (χ1) is 10.2. The summed E-state index contributed by atoms with van der Waals surface area (Å²) in [6.07, 6.45) is 0. The smallest absolute Gasteiger partial charge is 0.230 e. The Morgan fingerprint density at radius 3 is 2.48 bits per heavy atom. The molecule has 1 aromatic heterocycles. The normalized spacial score (nSPS) is 10.6. The minimum Gasteiger partial charge on any atom is -0.495 e. The van der Waals surface area contributed by atoms with Crippen molar-refractivity contribution in [2.75, 3.05) is 7.11 Å². The number of hydrogen-bond acceptors (Lipinski definition) is 3. The van der Waals surface area contributed by atoms with Crippen LogP contribution in [-0.4, -0.2) is 21.9 Å². The van der Waals surface area contributed by atoms with Crippen molar-refractivity contribution >= 4 is 23.2 Å². The van der Waals surface area contributed by atoms with Gasteiger partial charge in [-0.05, 0) is 29.8 Å². The van der Waals surface area contributed by atoms with Crippen molar-refractivity contribution in [3.63, 3.8) is 0 Å². The van der Waals surface area contributed by atoms with Crippen LogP contribution in [0, 0.1) is 0 Å². The maximum absolute atomic E-state index is 6.20. The molecule has 106 valence electrons. The number of hydrogen-bond donors (Lipinski definition) is 0. The third-order valence-electron chi connectivity index (χ3n) is 3.04. The van der Waals surface area contributed by atoms with Crippen molar-refractivity contribution in [1.82, 2.24) is 14.8 Å². The SMILES string of the molecule is COc1ccc(Cl)cc1-n1c(Cl)nnc1-c1ccccc1. The average molecular weight is 320 g/mol. The molecule has 2 aromatic carbocycles. The van der Waals surface area contributed by atoms with E-state index in [-0.39, 0.29) is 5.28 Å². The topological polar surface area (TPSA) is 39.9 Å². The lowest BCUT2D eigenvalue weighted by atomic mass is 10.2. The first-order valence-electron chi connectivity index (χ1n) is 6.21. The van der Waals surface area contributed by atoms with Gasteiger partial charge in [0.2, 0.25) is 5.28 Å². The molecule has 0 spiro atoms. The predicted octanol–water partition coefficient (Wildman–Crippen LogP) is 4.25. The van der Waals surface area contributed by atoms with E-state index in [1.54, 1.807) is 29.9 Å². The van der Waals surface area contributed by atoms with Crippen LogP contribution in [0.1, 0.15) is 0 Å². The Labute approximate surface area is 131 Å². The van der Waals surface area contributed by atoms with Gasteiger partial charge in [-0.2, -0.15) is 0 Å². The zero-order valence-electron chi connectivity index (χ0n) is 11.1. The lowest BCUT2D eigenvalue weighted by molar-refractivity contribution is 0.413. The zero-order chi connectivity index (χ0) is 14.8. The first kappa shape index (κ1) is 13.9. The molecule has 0 radical (unpaired) electrons. The highest BCUT2D eigenvalue weighted by molar-refractivity contribution is 6.31. The van der Waals surface area contributed by atoms with Crippen LogP contribution < -0.4 is 4.74 Å². The van der Waals surface area contributed by atoms with Crippen LogP contribution in [0.3, 0.4) is 0 Å². The molecule has 1 heterocycles. The molecule has 0 aliphatic carbocycles. The van der Waals surface area contributed by atoms with Crippen LogP contribution in [-0.2, 0) is 0 Å². The van der Waals surface area contributed by atoms with Crippen LogP contribution in [0.15, 0.2) is 48.5 Å². The maximum atomic E-state index is 6.20. The monoisotopic (exact) mass is 319 g/mol. The van der Waals surface area contributed by atoms with Crippen molar-refractivity contribution in [3.8, 4) is 22.8 Å². The highest BCUT2D eigenvalue weighted by Crippen LogP contribution is 2.32. The lowest BCUT2D eigenvalue weighted by Crippen LogP contribution is -2.01. The summed E-state index contributed by atoms with van der Waals surface area (Å²) in [6, 6.07) is 15.0. The minimum atomic E-state index is 0.245. The molecule has 0 unspecified atom stereocenters. The van der Waals surface area contributed by atoms with E-state index in [1.807, 2.05) is 30.3 Å². The fraction of sp³-hybridized carbons (Fsp3) is 0.0667. The number of ether oxygens (including phenoxy) is 1. The number of nitrogens with zero attached hydrogens (tertiary/aromatic N) is 3. The summed E-state index contributed by atoms with van der Waals surface area (Å²) < 4.78 is 7.09. The highest BCUT2D eigenvalue weighted by atomic mass is 35.5. The molecule has 0 aliphatic rings. The summed E-state index contributed by atoms with van der Waals surface area (Å²) in [5.41, 5.74) is 1.60. The summed E-state index contributed by atoms with van der Waals surface area (Å²) in [6.45, 7) is 0. The minimum absolute atomic E-state index is 0.245. The van der Waals surface area contributed by atoms with E-state index in [4.69, 9.17) is 27.9 Å². The first-order valence-corrected chi connectivity index (χ1v) is 6.96. The maximum Gasteiger partial charge on any atom is 0.230 e. The van der Waals surface area contributed by atoms with Gasteiger partial charge in [-0.25, -0.2) is 0 Å². The van der Waals surface area contributed by atoms with Gasteiger partial charge in [-0.3, -0.25) is 4.57 Å². The molecule has 0 atom stereocenters. The largest absolute Gasteiger partial charge is 0.495 e. The Morgan fingerprint density at radius 2 is 1.76 bits per heavy atom. The highest BCUT2D eigenvalue weighted by Gasteiger charge is 2.17. The Kier molecular flexibility index (Phi) is 3.82. The fourth-order valence-corrected chi connectivity index (χ4v) is 2.47. The fourth-order valence-electron chi connectivity index (χ4n) is 2.09. The van der Waals surface area contributed by atoms with Gasteiger partial charge in [0.1, 0.15) is 5.75 Å². The van der Waals surface area contributed by atoms with Gasteiger partial charge in [0.15, 0.2) is 5.82 Å². The molecule has 0 saturated carbocycles. The van der Waals surface area contributed by atoms with Crippen LogP contribution >= 0.6 is 23.2 Å². The molecule has 0 amide bonds. The molecule has 0 aliphatic heterocycles. The van der Waals surface area contributed by atoms with E-state index >= 15 is 0 Å². The van der Waals surface area contributed by atoms with E-state index in [0.29, 0.717) is 22.3 Å². The second-order valence-corrected chi connectivity index (χ2v) is 5.08. The number of halogens is 2. The summed E-state index contributed by atoms with van der Waals surface area (Å²) in [5.74, 6) is 1.26. The van der Waals surface area contributed by atoms with Crippen LogP contribution in [0.2, 0.25) is 10.3 Å². The molecule has 0 N–H and O–H groups in total. The van der Waals surface area contributed by atoms with Gasteiger partial charge in [0, 0.05) is 10.6 Å². The van der Waals surface area contributed by atoms with Gasteiger partial charge in [-0.15, -0.1) is 10.2 Å². The van der Waals surface area contributed by atoms with Crippen molar-refractivity contribution in [2.24, 2.45) is 0 Å². The molecular formula is C15H11Cl2N3O. The Hall–Kier alpha value is -2.04. The quantitative estimate of drug-likeness (QED) is 0.724. The zero-order valence-corrected chi connectivity index (χ0v) is 12.6. The van der Waals surface area contributed by atoms with E-state index in [1.165, 1.54) is 0 Å². The van der Waals surface area contributed by atoms with Gasteiger partial charge >= 0.3 is 0 Å². The van der Waals surface area contributed by atoms with Gasteiger partial charge < -0.3 is 4.74 Å². The second kappa shape index (κ2) is 5.76. The van der Waals surface area contributed by atoms with Crippen molar-refractivity contribution in [3.05, 3.63) is 58.8 Å². The van der Waals surface area contributed by atoms with Crippen molar-refractivity contribution in [2.45, 2.75) is 0 Å². The Balaban J connectivity index is 2.24. The summed E-state index contributed by atoms with van der Waals surface area (Å²) >= 11 is 12.3. The van der Waals surface area contributed by atoms with Gasteiger partial charge in [0.25, 0.3) is 0 Å². The second-order valence-electron chi connectivity index (χ2n) is 4.31. The van der Waals surface area contributed by atoms with E-state index in [0.717, 1.165) is 5.56 Å². The molecule has 6 heteroatoms. The molecule has 0 fully saturated rings. The van der Waals surface area contributed by atoms with Gasteiger partial charge in [0.05, 0.1) is 12.8 Å². The molecule has 0 saturated heterocycles. The predicted molar refractivity (Wildman–Crippen MR) is 83.4 cm³/mol.